The largest absolute Gasteiger partial charge is 0.453 e. The molecule has 0 aliphatic carbocycles. The van der Waals surface area contributed by atoms with Crippen molar-refractivity contribution in [3.8, 4) is 0 Å². The molecule has 4 atom stereocenters. The standard InChI is InChI=1S/C54H73N7O6Si/c1-11-58(12-2)48(40-17-14-13-15-18-40)52(65)61-36-68(9,10)35-46(61)50(63)56-43-28-22-39(23-29-43)34-59(44-30-24-41(25-31-44)54(5,6)7)33-38-20-26-42(27-21-38)55-49(62)45-19-16-32-60(45)51(64)47(37(3)4)57-53(66)67-8/h13-15,17-18,20-31,37,45-48H,11-12,16,19,32-36H2,1-10H3,(H,55,62)(H,56,63)(H,57,66)/t45-,46-,47-,48+/m0/s1. The molecule has 0 bridgehead atoms. The van der Waals surface area contributed by atoms with Crippen LogP contribution in [0, 0.1) is 5.92 Å². The van der Waals surface area contributed by atoms with Crippen LogP contribution in [0.5, 0.6) is 0 Å². The molecule has 0 saturated carbocycles. The van der Waals surface area contributed by atoms with Crippen molar-refractivity contribution in [2.24, 2.45) is 5.92 Å². The predicted molar refractivity (Wildman–Crippen MR) is 274 cm³/mol. The van der Waals surface area contributed by atoms with Crippen molar-refractivity contribution in [2.75, 3.05) is 48.4 Å². The zero-order chi connectivity index (χ0) is 49.3. The minimum atomic E-state index is -1.88. The van der Waals surface area contributed by atoms with Gasteiger partial charge >= 0.3 is 6.09 Å². The molecule has 4 aromatic carbocycles. The lowest BCUT2D eigenvalue weighted by molar-refractivity contribution is -0.141. The van der Waals surface area contributed by atoms with Gasteiger partial charge in [-0.05, 0) is 102 Å². The van der Waals surface area contributed by atoms with Gasteiger partial charge < -0.3 is 35.4 Å². The first-order valence-electron chi connectivity index (χ1n) is 24.2. The lowest BCUT2D eigenvalue weighted by Crippen LogP contribution is -2.54. The van der Waals surface area contributed by atoms with Crippen molar-refractivity contribution < 1.29 is 28.7 Å². The number of rotatable bonds is 17. The molecule has 0 radical (unpaired) electrons. The van der Waals surface area contributed by atoms with Gasteiger partial charge in [0.1, 0.15) is 24.2 Å². The predicted octanol–water partition coefficient (Wildman–Crippen LogP) is 8.98. The molecule has 6 rings (SSSR count). The molecule has 0 unspecified atom stereocenters. The number of nitrogens with zero attached hydrogens (tertiary/aromatic N) is 4. The summed E-state index contributed by atoms with van der Waals surface area (Å²) in [6, 6.07) is 32.6. The van der Waals surface area contributed by atoms with Crippen molar-refractivity contribution in [3.63, 3.8) is 0 Å². The average molecular weight is 944 g/mol. The Morgan fingerprint density at radius 2 is 1.28 bits per heavy atom. The number of ether oxygens (including phenoxy) is 1. The van der Waals surface area contributed by atoms with E-state index in [0.717, 1.165) is 35.5 Å². The van der Waals surface area contributed by atoms with E-state index in [4.69, 9.17) is 4.74 Å². The Bertz CT molecular complexity index is 2350. The smallest absolute Gasteiger partial charge is 0.407 e. The van der Waals surface area contributed by atoms with Gasteiger partial charge in [-0.3, -0.25) is 24.1 Å². The average Bonchev–Trinajstić information content (AvgIpc) is 3.95. The van der Waals surface area contributed by atoms with Gasteiger partial charge in [-0.25, -0.2) is 4.79 Å². The molecule has 364 valence electrons. The van der Waals surface area contributed by atoms with Crippen molar-refractivity contribution in [3.05, 3.63) is 125 Å². The highest BCUT2D eigenvalue weighted by Crippen LogP contribution is 2.34. The lowest BCUT2D eigenvalue weighted by atomic mass is 9.87. The van der Waals surface area contributed by atoms with E-state index in [2.05, 4.69) is 97.7 Å². The van der Waals surface area contributed by atoms with Gasteiger partial charge in [-0.2, -0.15) is 0 Å². The summed E-state index contributed by atoms with van der Waals surface area (Å²) in [7, 11) is -0.621. The third-order valence-corrected chi connectivity index (χ3v) is 16.0. The van der Waals surface area contributed by atoms with E-state index in [0.29, 0.717) is 56.1 Å². The highest BCUT2D eigenvalue weighted by molar-refractivity contribution is 6.79. The quantitative estimate of drug-likeness (QED) is 0.0891. The minimum absolute atomic E-state index is 0.00148. The third-order valence-electron chi connectivity index (χ3n) is 13.4. The van der Waals surface area contributed by atoms with E-state index in [-0.39, 0.29) is 35.0 Å². The number of carbonyl (C=O) groups is 5. The number of benzene rings is 4. The van der Waals surface area contributed by atoms with E-state index in [1.54, 1.807) is 4.90 Å². The van der Waals surface area contributed by atoms with Crippen LogP contribution in [0.3, 0.4) is 0 Å². The second-order valence-corrected chi connectivity index (χ2v) is 25.5. The van der Waals surface area contributed by atoms with E-state index in [1.165, 1.54) is 12.7 Å². The summed E-state index contributed by atoms with van der Waals surface area (Å²) in [6.07, 6.45) is 1.16. The number of anilines is 3. The summed E-state index contributed by atoms with van der Waals surface area (Å²) in [5.41, 5.74) is 6.63. The molecule has 2 heterocycles. The highest BCUT2D eigenvalue weighted by atomic mass is 28.3. The summed E-state index contributed by atoms with van der Waals surface area (Å²) < 4.78 is 4.74. The number of hydrogen-bond donors (Lipinski definition) is 3. The van der Waals surface area contributed by atoms with Gasteiger partial charge in [-0.15, -0.1) is 0 Å². The van der Waals surface area contributed by atoms with Crippen LogP contribution in [0.1, 0.15) is 89.6 Å². The first-order valence-corrected chi connectivity index (χ1v) is 27.6. The zero-order valence-corrected chi connectivity index (χ0v) is 42.8. The molecule has 2 aliphatic heterocycles. The Morgan fingerprint density at radius 1 is 0.735 bits per heavy atom. The van der Waals surface area contributed by atoms with Gasteiger partial charge in [0.05, 0.1) is 15.2 Å². The van der Waals surface area contributed by atoms with E-state index < -0.39 is 38.3 Å². The number of methoxy groups -OCH3 is 1. The molecule has 2 fully saturated rings. The van der Waals surface area contributed by atoms with E-state index in [9.17, 15) is 24.0 Å². The lowest BCUT2D eigenvalue weighted by Gasteiger charge is -2.34. The Kier molecular flexibility index (Phi) is 16.9. The number of alkyl carbamates (subject to hydrolysis) is 1. The maximum absolute atomic E-state index is 14.5. The number of hydrogen-bond acceptors (Lipinski definition) is 8. The Hall–Kier alpha value is -5.99. The minimum Gasteiger partial charge on any atom is -0.453 e. The number of likely N-dealkylation sites (N-methyl/N-ethyl adjacent to an activating group) is 1. The molecule has 5 amide bonds. The van der Waals surface area contributed by atoms with Gasteiger partial charge in [0.25, 0.3) is 0 Å². The Balaban J connectivity index is 1.15. The monoisotopic (exact) mass is 944 g/mol. The van der Waals surface area contributed by atoms with Gasteiger partial charge in [0.2, 0.25) is 23.6 Å². The molecule has 3 N–H and O–H groups in total. The fraction of sp³-hybridized carbons (Fsp3) is 0.463. The zero-order valence-electron chi connectivity index (χ0n) is 41.8. The van der Waals surface area contributed by atoms with Gasteiger partial charge in [-0.1, -0.05) is 128 Å². The molecule has 2 saturated heterocycles. The van der Waals surface area contributed by atoms with Crippen LogP contribution in [0.25, 0.3) is 0 Å². The molecule has 0 aromatic heterocycles. The fourth-order valence-corrected chi connectivity index (χ4v) is 12.4. The molecule has 4 aromatic rings. The van der Waals surface area contributed by atoms with Crippen LogP contribution < -0.4 is 20.9 Å². The summed E-state index contributed by atoms with van der Waals surface area (Å²) in [6.45, 7) is 22.0. The molecule has 68 heavy (non-hydrogen) atoms. The number of likely N-dealkylation sites (tertiary alicyclic amines) is 1. The summed E-state index contributed by atoms with van der Waals surface area (Å²) in [4.78, 5) is 75.7. The van der Waals surface area contributed by atoms with Crippen LogP contribution in [0.4, 0.5) is 21.9 Å². The van der Waals surface area contributed by atoms with Crippen LogP contribution in [0.15, 0.2) is 103 Å². The second kappa shape index (κ2) is 22.4. The number of carbonyl (C=O) groups excluding carboxylic acids is 5. The molecule has 0 spiro atoms. The Morgan fingerprint density at radius 3 is 1.78 bits per heavy atom. The van der Waals surface area contributed by atoms with Gasteiger partial charge in [0.15, 0.2) is 0 Å². The molecule has 2 aliphatic rings. The summed E-state index contributed by atoms with van der Waals surface area (Å²) in [5.74, 6) is -0.931. The fourth-order valence-electron chi connectivity index (χ4n) is 9.50. The van der Waals surface area contributed by atoms with Crippen molar-refractivity contribution in [1.82, 2.24) is 20.0 Å². The van der Waals surface area contributed by atoms with Crippen LogP contribution in [-0.2, 0) is 42.4 Å². The molecule has 13 nitrogen and oxygen atoms in total. The topological polar surface area (TPSA) is 144 Å². The third kappa shape index (κ3) is 12.8. The van der Waals surface area contributed by atoms with Crippen LogP contribution in [-0.4, -0.2) is 104 Å². The van der Waals surface area contributed by atoms with Crippen LogP contribution >= 0.6 is 0 Å². The summed E-state index contributed by atoms with van der Waals surface area (Å²) >= 11 is 0. The highest BCUT2D eigenvalue weighted by Gasteiger charge is 2.47. The maximum atomic E-state index is 14.5. The SMILES string of the molecule is CCN(CC)[C@@H](C(=O)N1C[Si](C)(C)C[C@H]1C(=O)Nc1ccc(CN(Cc2ccc(NC(=O)[C@@H]3CCCN3C(=O)[C@@H](NC(=O)OC)C(C)C)cc2)c2ccc(C(C)(C)C)cc2)cc1)c1ccccc1. The summed E-state index contributed by atoms with van der Waals surface area (Å²) in [5, 5.41) is 8.83. The van der Waals surface area contributed by atoms with Crippen molar-refractivity contribution >= 4 is 54.9 Å². The number of amides is 5. The van der Waals surface area contributed by atoms with Crippen molar-refractivity contribution in [1.29, 1.82) is 0 Å². The molecular weight excluding hydrogens is 871 g/mol. The van der Waals surface area contributed by atoms with E-state index >= 15 is 0 Å². The van der Waals surface area contributed by atoms with Gasteiger partial charge in [0, 0.05) is 42.9 Å². The second-order valence-electron chi connectivity index (χ2n) is 20.5. The Labute approximate surface area is 405 Å². The number of nitrogens with one attached hydrogen (secondary N) is 3. The van der Waals surface area contributed by atoms with Crippen LogP contribution in [0.2, 0.25) is 19.1 Å². The van der Waals surface area contributed by atoms with Crippen molar-refractivity contribution in [2.45, 2.75) is 123 Å². The first-order chi connectivity index (χ1) is 32.3. The molecular formula is C54H73N7O6Si. The maximum Gasteiger partial charge on any atom is 0.407 e. The first kappa shape index (κ1) is 51.4. The normalized spacial score (nSPS) is 17.7. The van der Waals surface area contributed by atoms with E-state index in [1.807, 2.05) is 97.6 Å². The molecule has 14 heteroatoms.